The highest BCUT2D eigenvalue weighted by Crippen LogP contribution is 2.26. The van der Waals surface area contributed by atoms with Gasteiger partial charge < -0.3 is 11.1 Å². The van der Waals surface area contributed by atoms with E-state index in [9.17, 15) is 8.42 Å². The molecule has 0 fully saturated rings. The molecule has 3 N–H and O–H groups in total. The summed E-state index contributed by atoms with van der Waals surface area (Å²) >= 11 is 0. The summed E-state index contributed by atoms with van der Waals surface area (Å²) in [6.45, 7) is 6.34. The minimum absolute atomic E-state index is 0.164. The molecule has 4 nitrogen and oxygen atoms in total. The molecular weight excluding hydrogens is 260 g/mol. The highest BCUT2D eigenvalue weighted by Gasteiger charge is 2.24. The van der Waals surface area contributed by atoms with E-state index in [4.69, 9.17) is 5.73 Å². The Labute approximate surface area is 116 Å². The highest BCUT2D eigenvalue weighted by molar-refractivity contribution is 7.91. The van der Waals surface area contributed by atoms with Crippen molar-refractivity contribution in [1.82, 2.24) is 0 Å². The molecule has 0 aliphatic carbocycles. The van der Waals surface area contributed by atoms with Gasteiger partial charge in [-0.1, -0.05) is 26.0 Å². The standard InChI is InChI=1S/C14H24N2O2S/c1-4-10-19(17,18)13-9-7-6-8-12(13)16-14(3,5-2)11-15/h6-9,16H,4-5,10-11,15H2,1-3H3. The fraction of sp³-hybridized carbons (Fsp3) is 0.571. The van der Waals surface area contributed by atoms with E-state index in [0.29, 0.717) is 23.5 Å². The number of nitrogens with two attached hydrogens (primary N) is 1. The smallest absolute Gasteiger partial charge is 0.180 e. The molecule has 1 unspecified atom stereocenters. The van der Waals surface area contributed by atoms with Gasteiger partial charge in [0.05, 0.1) is 16.3 Å². The molecule has 0 heterocycles. The highest BCUT2D eigenvalue weighted by atomic mass is 32.2. The lowest BCUT2D eigenvalue weighted by atomic mass is 9.99. The third-order valence-electron chi connectivity index (χ3n) is 3.36. The van der Waals surface area contributed by atoms with Gasteiger partial charge in [0, 0.05) is 12.1 Å². The van der Waals surface area contributed by atoms with Gasteiger partial charge in [-0.05, 0) is 31.9 Å². The average molecular weight is 284 g/mol. The van der Waals surface area contributed by atoms with Crippen molar-refractivity contribution < 1.29 is 8.42 Å². The molecule has 1 rings (SSSR count). The minimum atomic E-state index is -3.23. The number of nitrogens with one attached hydrogen (secondary N) is 1. The van der Waals surface area contributed by atoms with Crippen LogP contribution < -0.4 is 11.1 Å². The van der Waals surface area contributed by atoms with Crippen molar-refractivity contribution in [3.8, 4) is 0 Å². The quantitative estimate of drug-likeness (QED) is 0.806. The van der Waals surface area contributed by atoms with Crippen molar-refractivity contribution >= 4 is 15.5 Å². The average Bonchev–Trinajstić information content (AvgIpc) is 2.39. The fourth-order valence-corrected chi connectivity index (χ4v) is 3.33. The molecular formula is C14H24N2O2S. The van der Waals surface area contributed by atoms with Crippen molar-refractivity contribution in [3.63, 3.8) is 0 Å². The Morgan fingerprint density at radius 2 is 1.89 bits per heavy atom. The summed E-state index contributed by atoms with van der Waals surface area (Å²) in [6.07, 6.45) is 1.43. The zero-order valence-electron chi connectivity index (χ0n) is 11.9. The van der Waals surface area contributed by atoms with E-state index < -0.39 is 9.84 Å². The van der Waals surface area contributed by atoms with Crippen LogP contribution in [0.4, 0.5) is 5.69 Å². The number of anilines is 1. The summed E-state index contributed by atoms with van der Waals surface area (Å²) in [7, 11) is -3.23. The molecule has 0 aromatic heterocycles. The van der Waals surface area contributed by atoms with E-state index in [-0.39, 0.29) is 11.3 Å². The third-order valence-corrected chi connectivity index (χ3v) is 5.33. The van der Waals surface area contributed by atoms with Crippen LogP contribution >= 0.6 is 0 Å². The van der Waals surface area contributed by atoms with Gasteiger partial charge in [0.25, 0.3) is 0 Å². The molecule has 0 aliphatic heterocycles. The van der Waals surface area contributed by atoms with Crippen LogP contribution in [-0.2, 0) is 9.84 Å². The maximum absolute atomic E-state index is 12.2. The molecule has 1 aromatic rings. The Kier molecular flexibility index (Phi) is 5.38. The fourth-order valence-electron chi connectivity index (χ4n) is 1.83. The lowest BCUT2D eigenvalue weighted by Gasteiger charge is -2.30. The molecule has 0 spiro atoms. The van der Waals surface area contributed by atoms with Crippen LogP contribution in [0.2, 0.25) is 0 Å². The van der Waals surface area contributed by atoms with Gasteiger partial charge in [-0.25, -0.2) is 8.42 Å². The second-order valence-corrected chi connectivity index (χ2v) is 7.14. The van der Waals surface area contributed by atoms with E-state index in [1.54, 1.807) is 18.2 Å². The maximum Gasteiger partial charge on any atom is 0.180 e. The Bertz CT molecular complexity index is 508. The van der Waals surface area contributed by atoms with E-state index in [2.05, 4.69) is 5.32 Å². The normalized spacial score (nSPS) is 14.9. The van der Waals surface area contributed by atoms with Crippen molar-refractivity contribution in [2.45, 2.75) is 44.0 Å². The Hall–Kier alpha value is -1.07. The monoisotopic (exact) mass is 284 g/mol. The van der Waals surface area contributed by atoms with Gasteiger partial charge in [0.15, 0.2) is 9.84 Å². The van der Waals surface area contributed by atoms with E-state index in [1.165, 1.54) is 0 Å². The van der Waals surface area contributed by atoms with Crippen LogP contribution in [0.5, 0.6) is 0 Å². The zero-order chi connectivity index (χ0) is 14.5. The van der Waals surface area contributed by atoms with Gasteiger partial charge in [0.1, 0.15) is 0 Å². The van der Waals surface area contributed by atoms with Crippen LogP contribution in [0.25, 0.3) is 0 Å². The van der Waals surface area contributed by atoms with Crippen LogP contribution in [0.15, 0.2) is 29.2 Å². The van der Waals surface area contributed by atoms with Gasteiger partial charge >= 0.3 is 0 Å². The molecule has 0 bridgehead atoms. The van der Waals surface area contributed by atoms with Gasteiger partial charge in [-0.15, -0.1) is 0 Å². The number of para-hydroxylation sites is 1. The first kappa shape index (κ1) is 16.0. The largest absolute Gasteiger partial charge is 0.378 e. The Morgan fingerprint density at radius 1 is 1.26 bits per heavy atom. The Morgan fingerprint density at radius 3 is 2.42 bits per heavy atom. The van der Waals surface area contributed by atoms with Gasteiger partial charge in [-0.3, -0.25) is 0 Å². The molecule has 1 aromatic carbocycles. The molecule has 0 radical (unpaired) electrons. The summed E-state index contributed by atoms with van der Waals surface area (Å²) in [6, 6.07) is 7.03. The van der Waals surface area contributed by atoms with E-state index in [1.807, 2.05) is 26.8 Å². The molecule has 19 heavy (non-hydrogen) atoms. The molecule has 1 atom stereocenters. The number of benzene rings is 1. The second-order valence-electron chi connectivity index (χ2n) is 5.06. The van der Waals surface area contributed by atoms with Crippen molar-refractivity contribution in [1.29, 1.82) is 0 Å². The van der Waals surface area contributed by atoms with Crippen molar-refractivity contribution in [3.05, 3.63) is 24.3 Å². The maximum atomic E-state index is 12.2. The zero-order valence-corrected chi connectivity index (χ0v) is 12.8. The van der Waals surface area contributed by atoms with Crippen molar-refractivity contribution in [2.24, 2.45) is 5.73 Å². The predicted molar refractivity (Wildman–Crippen MR) is 80.2 cm³/mol. The summed E-state index contributed by atoms with van der Waals surface area (Å²) in [5, 5.41) is 3.28. The number of hydrogen-bond acceptors (Lipinski definition) is 4. The first-order chi connectivity index (χ1) is 8.88. The minimum Gasteiger partial charge on any atom is -0.378 e. The molecule has 0 aliphatic rings. The first-order valence-corrected chi connectivity index (χ1v) is 8.34. The number of rotatable bonds is 7. The van der Waals surface area contributed by atoms with Crippen LogP contribution in [0.1, 0.15) is 33.6 Å². The van der Waals surface area contributed by atoms with E-state index in [0.717, 1.165) is 6.42 Å². The molecule has 108 valence electrons. The topological polar surface area (TPSA) is 72.2 Å². The van der Waals surface area contributed by atoms with Gasteiger partial charge in [0.2, 0.25) is 0 Å². The SMILES string of the molecule is CCCS(=O)(=O)c1ccccc1NC(C)(CC)CN. The number of hydrogen-bond donors (Lipinski definition) is 2. The summed E-state index contributed by atoms with van der Waals surface area (Å²) in [4.78, 5) is 0.366. The molecule has 0 saturated carbocycles. The predicted octanol–water partition coefficient (Wildman–Crippen LogP) is 2.41. The first-order valence-electron chi connectivity index (χ1n) is 6.68. The summed E-state index contributed by atoms with van der Waals surface area (Å²) in [5.74, 6) is 0.164. The van der Waals surface area contributed by atoms with E-state index >= 15 is 0 Å². The molecule has 0 amide bonds. The Balaban J connectivity index is 3.17. The van der Waals surface area contributed by atoms with Crippen LogP contribution in [0.3, 0.4) is 0 Å². The third kappa shape index (κ3) is 3.94. The van der Waals surface area contributed by atoms with Crippen molar-refractivity contribution in [2.75, 3.05) is 17.6 Å². The van der Waals surface area contributed by atoms with Crippen LogP contribution in [0, 0.1) is 0 Å². The number of sulfone groups is 1. The summed E-state index contributed by atoms with van der Waals surface area (Å²) in [5.41, 5.74) is 6.12. The lowest BCUT2D eigenvalue weighted by molar-refractivity contribution is 0.505. The summed E-state index contributed by atoms with van der Waals surface area (Å²) < 4.78 is 24.5. The molecule has 5 heteroatoms. The van der Waals surface area contributed by atoms with Gasteiger partial charge in [-0.2, -0.15) is 0 Å². The molecule has 0 saturated heterocycles. The lowest BCUT2D eigenvalue weighted by Crippen LogP contribution is -2.42. The second kappa shape index (κ2) is 6.39. The van der Waals surface area contributed by atoms with Crippen LogP contribution in [-0.4, -0.2) is 26.3 Å².